The molecule has 20 heavy (non-hydrogen) atoms. The number of nitrogens with zero attached hydrogens (tertiary/aromatic N) is 2. The zero-order valence-electron chi connectivity index (χ0n) is 10.4. The van der Waals surface area contributed by atoms with Gasteiger partial charge in [-0.15, -0.1) is 11.3 Å². The number of ketones is 1. The van der Waals surface area contributed by atoms with Crippen molar-refractivity contribution >= 4 is 28.7 Å². The molecule has 0 saturated carbocycles. The molecular formula is C14H10N2O3S. The monoisotopic (exact) mass is 286 g/mol. The van der Waals surface area contributed by atoms with E-state index in [0.29, 0.717) is 10.5 Å². The predicted octanol–water partition coefficient (Wildman–Crippen LogP) is 2.44. The molecule has 6 heteroatoms. The van der Waals surface area contributed by atoms with Crippen LogP contribution in [0.15, 0.2) is 48.1 Å². The molecule has 0 saturated heterocycles. The van der Waals surface area contributed by atoms with Crippen molar-refractivity contribution in [2.75, 3.05) is 6.61 Å². The van der Waals surface area contributed by atoms with Gasteiger partial charge in [-0.3, -0.25) is 4.79 Å². The summed E-state index contributed by atoms with van der Waals surface area (Å²) in [7, 11) is 0. The molecule has 0 atom stereocenters. The van der Waals surface area contributed by atoms with Gasteiger partial charge in [0.1, 0.15) is 5.65 Å². The molecule has 0 aliphatic heterocycles. The third-order valence-corrected chi connectivity index (χ3v) is 3.61. The van der Waals surface area contributed by atoms with E-state index in [0.717, 1.165) is 0 Å². The van der Waals surface area contributed by atoms with Crippen LogP contribution in [0.1, 0.15) is 20.2 Å². The Morgan fingerprint density at radius 2 is 2.15 bits per heavy atom. The van der Waals surface area contributed by atoms with Crippen LogP contribution >= 0.6 is 11.3 Å². The molecule has 0 fully saturated rings. The molecule has 0 spiro atoms. The van der Waals surface area contributed by atoms with Crippen LogP contribution in [0.25, 0.3) is 5.65 Å². The van der Waals surface area contributed by atoms with Crippen LogP contribution in [0.3, 0.4) is 0 Å². The second-order valence-corrected chi connectivity index (χ2v) is 5.02. The van der Waals surface area contributed by atoms with Crippen molar-refractivity contribution in [3.05, 3.63) is 58.7 Å². The van der Waals surface area contributed by atoms with E-state index in [-0.39, 0.29) is 18.1 Å². The minimum absolute atomic E-state index is 0.190. The number of fused-ring (bicyclic) bond motifs is 1. The summed E-state index contributed by atoms with van der Waals surface area (Å²) in [4.78, 5) is 28.3. The number of pyridine rings is 1. The van der Waals surface area contributed by atoms with Crippen LogP contribution in [0.5, 0.6) is 0 Å². The number of rotatable bonds is 4. The zero-order valence-corrected chi connectivity index (χ0v) is 11.2. The number of esters is 1. The Balaban J connectivity index is 1.68. The molecule has 0 bridgehead atoms. The van der Waals surface area contributed by atoms with Crippen molar-refractivity contribution in [2.24, 2.45) is 0 Å². The fourth-order valence-corrected chi connectivity index (χ4v) is 2.40. The third kappa shape index (κ3) is 2.46. The Morgan fingerprint density at radius 1 is 1.25 bits per heavy atom. The van der Waals surface area contributed by atoms with Gasteiger partial charge in [0.2, 0.25) is 5.78 Å². The molecule has 3 aromatic rings. The van der Waals surface area contributed by atoms with Crippen molar-refractivity contribution in [3.63, 3.8) is 0 Å². The van der Waals surface area contributed by atoms with Gasteiger partial charge >= 0.3 is 5.97 Å². The number of imidazole rings is 1. The van der Waals surface area contributed by atoms with Gasteiger partial charge in [0, 0.05) is 12.4 Å². The number of aromatic nitrogens is 2. The summed E-state index contributed by atoms with van der Waals surface area (Å²) < 4.78 is 6.71. The van der Waals surface area contributed by atoms with E-state index in [4.69, 9.17) is 4.74 Å². The second-order valence-electron chi connectivity index (χ2n) is 4.07. The molecule has 0 unspecified atom stereocenters. The van der Waals surface area contributed by atoms with Gasteiger partial charge in [-0.25, -0.2) is 9.78 Å². The molecule has 0 N–H and O–H groups in total. The lowest BCUT2D eigenvalue weighted by Gasteiger charge is -2.00. The van der Waals surface area contributed by atoms with Crippen molar-refractivity contribution in [3.8, 4) is 0 Å². The second kappa shape index (κ2) is 5.26. The van der Waals surface area contributed by atoms with Gasteiger partial charge < -0.3 is 9.14 Å². The van der Waals surface area contributed by atoms with Crippen molar-refractivity contribution < 1.29 is 14.3 Å². The van der Waals surface area contributed by atoms with E-state index < -0.39 is 5.97 Å². The Kier molecular flexibility index (Phi) is 3.30. The maximum absolute atomic E-state index is 11.8. The van der Waals surface area contributed by atoms with Gasteiger partial charge in [0.25, 0.3) is 0 Å². The maximum atomic E-state index is 11.8. The van der Waals surface area contributed by atoms with Crippen LogP contribution in [-0.4, -0.2) is 27.7 Å². The number of carbonyl (C=O) groups is 2. The van der Waals surface area contributed by atoms with Gasteiger partial charge in [0.15, 0.2) is 12.3 Å². The maximum Gasteiger partial charge on any atom is 0.359 e. The topological polar surface area (TPSA) is 60.7 Å². The molecule has 3 rings (SSSR count). The summed E-state index contributed by atoms with van der Waals surface area (Å²) in [6.07, 6.45) is 3.36. The van der Waals surface area contributed by atoms with Gasteiger partial charge in [-0.05, 0) is 23.6 Å². The van der Waals surface area contributed by atoms with E-state index in [1.807, 2.05) is 12.1 Å². The van der Waals surface area contributed by atoms with Crippen molar-refractivity contribution in [1.29, 1.82) is 0 Å². The van der Waals surface area contributed by atoms with E-state index >= 15 is 0 Å². The highest BCUT2D eigenvalue weighted by atomic mass is 32.1. The SMILES string of the molecule is O=C(OCC(=O)c1cccs1)c1cn2ccccc2n1. The molecule has 0 aliphatic carbocycles. The Morgan fingerprint density at radius 3 is 2.90 bits per heavy atom. The Labute approximate surface area is 118 Å². The van der Waals surface area contributed by atoms with Crippen LogP contribution < -0.4 is 0 Å². The van der Waals surface area contributed by atoms with E-state index in [9.17, 15) is 9.59 Å². The van der Waals surface area contributed by atoms with Gasteiger partial charge in [0.05, 0.1) is 4.88 Å². The van der Waals surface area contributed by atoms with Gasteiger partial charge in [-0.1, -0.05) is 12.1 Å². The van der Waals surface area contributed by atoms with Crippen molar-refractivity contribution in [2.45, 2.75) is 0 Å². The summed E-state index contributed by atoms with van der Waals surface area (Å²) in [5.41, 5.74) is 0.846. The first-order valence-electron chi connectivity index (χ1n) is 5.91. The molecular weight excluding hydrogens is 276 g/mol. The molecule has 3 heterocycles. The van der Waals surface area contributed by atoms with Crippen LogP contribution in [0.4, 0.5) is 0 Å². The average Bonchev–Trinajstić information content (AvgIpc) is 3.12. The quantitative estimate of drug-likeness (QED) is 0.546. The number of hydrogen-bond acceptors (Lipinski definition) is 5. The summed E-state index contributed by atoms with van der Waals surface area (Å²) in [6, 6.07) is 8.93. The minimum atomic E-state index is -0.599. The highest BCUT2D eigenvalue weighted by molar-refractivity contribution is 7.12. The highest BCUT2D eigenvalue weighted by Gasteiger charge is 2.15. The minimum Gasteiger partial charge on any atom is -0.452 e. The first kappa shape index (κ1) is 12.6. The summed E-state index contributed by atoms with van der Waals surface area (Å²) >= 11 is 1.32. The normalized spacial score (nSPS) is 10.6. The van der Waals surface area contributed by atoms with Crippen molar-refractivity contribution in [1.82, 2.24) is 9.38 Å². The molecule has 5 nitrogen and oxygen atoms in total. The fraction of sp³-hybridized carbons (Fsp3) is 0.0714. The first-order valence-corrected chi connectivity index (χ1v) is 6.79. The average molecular weight is 286 g/mol. The highest BCUT2D eigenvalue weighted by Crippen LogP contribution is 2.10. The molecule has 0 aromatic carbocycles. The lowest BCUT2D eigenvalue weighted by Crippen LogP contribution is -2.13. The molecule has 100 valence electrons. The largest absolute Gasteiger partial charge is 0.452 e. The summed E-state index contributed by atoms with van der Waals surface area (Å²) in [6.45, 7) is -0.271. The number of thiophene rings is 1. The standard InChI is InChI=1S/C14H10N2O3S/c17-11(12-4-3-7-20-12)9-19-14(18)10-8-16-6-2-1-5-13(16)15-10/h1-8H,9H2. The number of carbonyl (C=O) groups excluding carboxylic acids is 2. The van der Waals surface area contributed by atoms with E-state index in [1.165, 1.54) is 11.3 Å². The lowest BCUT2D eigenvalue weighted by atomic mass is 10.3. The molecule has 3 aromatic heterocycles. The van der Waals surface area contributed by atoms with Crippen LogP contribution in [0, 0.1) is 0 Å². The number of Topliss-reactive ketones (excluding diaryl/α,β-unsaturated/α-hetero) is 1. The first-order chi connectivity index (χ1) is 9.74. The molecule has 0 amide bonds. The van der Waals surface area contributed by atoms with Crippen LogP contribution in [-0.2, 0) is 4.74 Å². The molecule has 0 aliphatic rings. The fourth-order valence-electron chi connectivity index (χ4n) is 1.75. The zero-order chi connectivity index (χ0) is 13.9. The lowest BCUT2D eigenvalue weighted by molar-refractivity contribution is 0.0470. The van der Waals surface area contributed by atoms with Gasteiger partial charge in [-0.2, -0.15) is 0 Å². The summed E-state index contributed by atoms with van der Waals surface area (Å²) in [5, 5.41) is 1.80. The Bertz CT molecular complexity index is 729. The number of ether oxygens (including phenoxy) is 1. The van der Waals surface area contributed by atoms with E-state index in [2.05, 4.69) is 4.98 Å². The van der Waals surface area contributed by atoms with Crippen LogP contribution in [0.2, 0.25) is 0 Å². The predicted molar refractivity (Wildman–Crippen MR) is 74.1 cm³/mol. The Hall–Kier alpha value is -2.47. The smallest absolute Gasteiger partial charge is 0.359 e. The summed E-state index contributed by atoms with van der Waals surface area (Å²) in [5.74, 6) is -0.810. The molecule has 0 radical (unpaired) electrons. The van der Waals surface area contributed by atoms with E-state index in [1.54, 1.807) is 40.4 Å². The number of hydrogen-bond donors (Lipinski definition) is 0. The third-order valence-electron chi connectivity index (χ3n) is 2.70.